The van der Waals surface area contributed by atoms with E-state index in [4.69, 9.17) is 4.74 Å². The number of anilines is 2. The number of hydrogen-bond acceptors (Lipinski definition) is 6. The van der Waals surface area contributed by atoms with Crippen LogP contribution in [0.2, 0.25) is 0 Å². The van der Waals surface area contributed by atoms with E-state index in [1.54, 1.807) is 19.5 Å². The lowest BCUT2D eigenvalue weighted by atomic mass is 10.2. The third-order valence-corrected chi connectivity index (χ3v) is 4.28. The first kappa shape index (κ1) is 17.0. The van der Waals surface area contributed by atoms with Crippen LogP contribution in [0, 0.1) is 0 Å². The lowest BCUT2D eigenvalue weighted by Gasteiger charge is -2.10. The molecule has 0 radical (unpaired) electrons. The van der Waals surface area contributed by atoms with Gasteiger partial charge in [0, 0.05) is 23.9 Å². The molecule has 7 nitrogen and oxygen atoms in total. The van der Waals surface area contributed by atoms with Gasteiger partial charge < -0.3 is 14.6 Å². The zero-order valence-corrected chi connectivity index (χ0v) is 15.4. The van der Waals surface area contributed by atoms with E-state index in [-0.39, 0.29) is 0 Å². The summed E-state index contributed by atoms with van der Waals surface area (Å²) in [5, 5.41) is 3.26. The van der Waals surface area contributed by atoms with Crippen molar-refractivity contribution in [2.24, 2.45) is 0 Å². The minimum absolute atomic E-state index is 0.325. The van der Waals surface area contributed by atoms with Crippen molar-refractivity contribution in [2.45, 2.75) is 19.9 Å². The van der Waals surface area contributed by atoms with Crippen LogP contribution in [0.15, 0.2) is 55.1 Å². The third-order valence-electron chi connectivity index (χ3n) is 4.28. The Bertz CT molecular complexity index is 1070. The molecule has 0 aliphatic rings. The minimum atomic E-state index is 0.325. The van der Waals surface area contributed by atoms with Crippen molar-refractivity contribution in [3.63, 3.8) is 0 Å². The summed E-state index contributed by atoms with van der Waals surface area (Å²) in [6.07, 6.45) is 5.33. The fourth-order valence-corrected chi connectivity index (χ4v) is 2.85. The predicted octanol–water partition coefficient (Wildman–Crippen LogP) is 4.22. The highest BCUT2D eigenvalue weighted by atomic mass is 16.5. The molecule has 136 valence electrons. The highest BCUT2D eigenvalue weighted by Gasteiger charge is 2.09. The van der Waals surface area contributed by atoms with Crippen LogP contribution in [0.5, 0.6) is 5.75 Å². The normalized spacial score (nSPS) is 11.1. The molecule has 0 aliphatic heterocycles. The Morgan fingerprint density at radius 3 is 2.56 bits per heavy atom. The molecule has 0 aliphatic carbocycles. The molecule has 0 fully saturated rings. The molecule has 3 heterocycles. The molecule has 4 rings (SSSR count). The number of ether oxygens (including phenoxy) is 1. The molecule has 1 N–H and O–H groups in total. The number of nitrogens with one attached hydrogen (secondary N) is 1. The Hall–Kier alpha value is -3.48. The Kier molecular flexibility index (Phi) is 4.42. The van der Waals surface area contributed by atoms with Gasteiger partial charge in [-0.15, -0.1) is 0 Å². The van der Waals surface area contributed by atoms with Crippen molar-refractivity contribution in [3.8, 4) is 17.1 Å². The van der Waals surface area contributed by atoms with Gasteiger partial charge in [0.25, 0.3) is 0 Å². The second kappa shape index (κ2) is 7.03. The Balaban J connectivity index is 1.62. The van der Waals surface area contributed by atoms with Gasteiger partial charge in [0.05, 0.1) is 25.2 Å². The summed E-state index contributed by atoms with van der Waals surface area (Å²) in [6, 6.07) is 11.8. The van der Waals surface area contributed by atoms with E-state index in [9.17, 15) is 0 Å². The van der Waals surface area contributed by atoms with Crippen LogP contribution in [0.3, 0.4) is 0 Å². The van der Waals surface area contributed by atoms with Crippen LogP contribution in [-0.4, -0.2) is 31.6 Å². The zero-order valence-electron chi connectivity index (χ0n) is 15.4. The maximum Gasteiger partial charge on any atom is 0.161 e. The molecule has 3 aromatic heterocycles. The van der Waals surface area contributed by atoms with Crippen LogP contribution in [0.25, 0.3) is 22.4 Å². The van der Waals surface area contributed by atoms with E-state index >= 15 is 0 Å². The molecule has 0 bridgehead atoms. The SMILES string of the molecule is COc1ccc(-c2nccc(Nc3cc4c(cn3)ncn4C(C)C)n2)cc1. The molecule has 0 saturated carbocycles. The van der Waals surface area contributed by atoms with Crippen molar-refractivity contribution in [2.75, 3.05) is 12.4 Å². The van der Waals surface area contributed by atoms with E-state index in [0.29, 0.717) is 23.5 Å². The molecule has 4 aromatic rings. The van der Waals surface area contributed by atoms with Crippen LogP contribution in [-0.2, 0) is 0 Å². The Labute approximate surface area is 157 Å². The van der Waals surface area contributed by atoms with Gasteiger partial charge in [-0.05, 0) is 44.2 Å². The van der Waals surface area contributed by atoms with Crippen molar-refractivity contribution >= 4 is 22.7 Å². The predicted molar refractivity (Wildman–Crippen MR) is 105 cm³/mol. The fourth-order valence-electron chi connectivity index (χ4n) is 2.85. The molecule has 7 heteroatoms. The summed E-state index contributed by atoms with van der Waals surface area (Å²) in [5.41, 5.74) is 2.82. The number of nitrogens with zero attached hydrogens (tertiary/aromatic N) is 5. The Morgan fingerprint density at radius 1 is 1.00 bits per heavy atom. The molecule has 0 atom stereocenters. The summed E-state index contributed by atoms with van der Waals surface area (Å²) >= 11 is 0. The smallest absolute Gasteiger partial charge is 0.161 e. The summed E-state index contributed by atoms with van der Waals surface area (Å²) in [5.74, 6) is 2.82. The van der Waals surface area contributed by atoms with Gasteiger partial charge in [-0.2, -0.15) is 0 Å². The minimum Gasteiger partial charge on any atom is -0.497 e. The quantitative estimate of drug-likeness (QED) is 0.574. The molecule has 1 aromatic carbocycles. The van der Waals surface area contributed by atoms with Crippen molar-refractivity contribution in [1.82, 2.24) is 24.5 Å². The highest BCUT2D eigenvalue weighted by Crippen LogP contribution is 2.23. The highest BCUT2D eigenvalue weighted by molar-refractivity contribution is 5.78. The van der Waals surface area contributed by atoms with E-state index in [1.807, 2.05) is 42.7 Å². The monoisotopic (exact) mass is 360 g/mol. The number of benzene rings is 1. The molecule has 0 amide bonds. The maximum absolute atomic E-state index is 5.19. The van der Waals surface area contributed by atoms with Crippen LogP contribution >= 0.6 is 0 Å². The maximum atomic E-state index is 5.19. The van der Waals surface area contributed by atoms with Crippen molar-refractivity contribution in [3.05, 3.63) is 55.1 Å². The molecule has 0 saturated heterocycles. The van der Waals surface area contributed by atoms with Gasteiger partial charge in [0.1, 0.15) is 22.9 Å². The van der Waals surface area contributed by atoms with Crippen molar-refractivity contribution < 1.29 is 4.74 Å². The Morgan fingerprint density at radius 2 is 1.81 bits per heavy atom. The number of aromatic nitrogens is 5. The van der Waals surface area contributed by atoms with Gasteiger partial charge in [0.15, 0.2) is 5.82 Å². The summed E-state index contributed by atoms with van der Waals surface area (Å²) < 4.78 is 7.31. The number of hydrogen-bond donors (Lipinski definition) is 1. The molecule has 27 heavy (non-hydrogen) atoms. The summed E-state index contributed by atoms with van der Waals surface area (Å²) in [7, 11) is 1.64. The van der Waals surface area contributed by atoms with E-state index in [2.05, 4.69) is 43.7 Å². The first-order valence-electron chi connectivity index (χ1n) is 8.71. The second-order valence-corrected chi connectivity index (χ2v) is 6.42. The molecular formula is C20H20N6O. The molecule has 0 spiro atoms. The lowest BCUT2D eigenvalue weighted by molar-refractivity contribution is 0.415. The third kappa shape index (κ3) is 3.44. The number of imidazole rings is 1. The lowest BCUT2D eigenvalue weighted by Crippen LogP contribution is -2.01. The first-order chi connectivity index (χ1) is 13.1. The second-order valence-electron chi connectivity index (χ2n) is 6.42. The van der Waals surface area contributed by atoms with E-state index in [0.717, 1.165) is 22.3 Å². The van der Waals surface area contributed by atoms with Crippen LogP contribution in [0.1, 0.15) is 19.9 Å². The summed E-state index contributed by atoms with van der Waals surface area (Å²) in [6.45, 7) is 4.25. The topological polar surface area (TPSA) is 77.8 Å². The zero-order chi connectivity index (χ0) is 18.8. The van der Waals surface area contributed by atoms with E-state index in [1.165, 1.54) is 0 Å². The largest absolute Gasteiger partial charge is 0.497 e. The molecule has 0 unspecified atom stereocenters. The number of pyridine rings is 1. The van der Waals surface area contributed by atoms with Gasteiger partial charge in [0.2, 0.25) is 0 Å². The number of methoxy groups -OCH3 is 1. The van der Waals surface area contributed by atoms with Gasteiger partial charge in [-0.25, -0.2) is 19.9 Å². The first-order valence-corrected chi connectivity index (χ1v) is 8.71. The molecular weight excluding hydrogens is 340 g/mol. The standard InChI is InChI=1S/C20H20N6O/c1-13(2)26-12-23-16-11-22-19(10-17(16)26)24-18-8-9-21-20(25-18)14-4-6-15(27-3)7-5-14/h4-13H,1-3H3,(H,21,22,24,25). The average molecular weight is 360 g/mol. The van der Waals surface area contributed by atoms with Gasteiger partial charge >= 0.3 is 0 Å². The summed E-state index contributed by atoms with van der Waals surface area (Å²) in [4.78, 5) is 17.8. The van der Waals surface area contributed by atoms with Crippen LogP contribution < -0.4 is 10.1 Å². The fraction of sp³-hybridized carbons (Fsp3) is 0.200. The van der Waals surface area contributed by atoms with Gasteiger partial charge in [-0.3, -0.25) is 0 Å². The number of rotatable bonds is 5. The van der Waals surface area contributed by atoms with Gasteiger partial charge in [-0.1, -0.05) is 0 Å². The number of fused-ring (bicyclic) bond motifs is 1. The van der Waals surface area contributed by atoms with E-state index < -0.39 is 0 Å². The van der Waals surface area contributed by atoms with Crippen LogP contribution in [0.4, 0.5) is 11.6 Å². The average Bonchev–Trinajstić information content (AvgIpc) is 3.12. The van der Waals surface area contributed by atoms with Crippen molar-refractivity contribution in [1.29, 1.82) is 0 Å².